The van der Waals surface area contributed by atoms with Gasteiger partial charge in [0.15, 0.2) is 0 Å². The maximum Gasteiger partial charge on any atom is 0.327 e. The molecule has 1 aliphatic heterocycles. The van der Waals surface area contributed by atoms with Crippen molar-refractivity contribution in [2.45, 2.75) is 31.2 Å². The first-order valence-corrected chi connectivity index (χ1v) is 8.09. The molecule has 3 nitrogen and oxygen atoms in total. The van der Waals surface area contributed by atoms with E-state index in [4.69, 9.17) is 4.84 Å². The lowest BCUT2D eigenvalue weighted by atomic mass is 10.0. The molecular formula is C15H19NO2S. The first-order chi connectivity index (χ1) is 9.34. The van der Waals surface area contributed by atoms with Crippen molar-refractivity contribution in [1.29, 1.82) is 0 Å². The van der Waals surface area contributed by atoms with Crippen molar-refractivity contribution in [3.05, 3.63) is 35.9 Å². The number of hydrogen-bond acceptors (Lipinski definition) is 4. The van der Waals surface area contributed by atoms with Gasteiger partial charge < -0.3 is 4.84 Å². The van der Waals surface area contributed by atoms with Crippen LogP contribution in [0.15, 0.2) is 30.3 Å². The number of carbonyl (C=O) groups excluding carboxylic acids is 1. The lowest BCUT2D eigenvalue weighted by molar-refractivity contribution is -0.157. The van der Waals surface area contributed by atoms with Crippen LogP contribution >= 0.6 is 11.8 Å². The summed E-state index contributed by atoms with van der Waals surface area (Å²) in [7, 11) is 0. The minimum atomic E-state index is -0.0704. The Morgan fingerprint density at radius 1 is 1.21 bits per heavy atom. The second kappa shape index (κ2) is 5.97. The van der Waals surface area contributed by atoms with Crippen LogP contribution in [-0.4, -0.2) is 23.5 Å². The Balaban J connectivity index is 1.43. The van der Waals surface area contributed by atoms with Gasteiger partial charge in [0.1, 0.15) is 0 Å². The predicted molar refractivity (Wildman–Crippen MR) is 76.9 cm³/mol. The Bertz CT molecular complexity index is 431. The van der Waals surface area contributed by atoms with E-state index in [2.05, 4.69) is 29.7 Å². The summed E-state index contributed by atoms with van der Waals surface area (Å²) in [6.45, 7) is 0. The molecule has 19 heavy (non-hydrogen) atoms. The topological polar surface area (TPSA) is 38.3 Å². The fraction of sp³-hybridized carbons (Fsp3) is 0.533. The molecule has 1 saturated carbocycles. The first kappa shape index (κ1) is 13.0. The third-order valence-electron chi connectivity index (χ3n) is 3.88. The zero-order valence-electron chi connectivity index (χ0n) is 10.9. The molecule has 1 N–H and O–H groups in total. The summed E-state index contributed by atoms with van der Waals surface area (Å²) in [4.78, 5) is 17.1. The molecule has 1 aromatic rings. The SMILES string of the molecule is O=C(ONC1CC1c1ccccc1)C1CCSCC1. The summed E-state index contributed by atoms with van der Waals surface area (Å²) >= 11 is 1.92. The standard InChI is InChI=1S/C15H19NO2S/c17-15(12-6-8-19-9-7-12)18-16-14-10-13(14)11-4-2-1-3-5-11/h1-5,12-14,16H,6-10H2. The van der Waals surface area contributed by atoms with Crippen molar-refractivity contribution in [2.24, 2.45) is 5.92 Å². The molecule has 2 unspecified atom stereocenters. The normalized spacial score (nSPS) is 26.9. The zero-order valence-corrected chi connectivity index (χ0v) is 11.7. The number of benzene rings is 1. The number of hydroxylamine groups is 1. The van der Waals surface area contributed by atoms with Crippen LogP contribution in [0.3, 0.4) is 0 Å². The van der Waals surface area contributed by atoms with Crippen molar-refractivity contribution < 1.29 is 9.63 Å². The molecule has 0 amide bonds. The van der Waals surface area contributed by atoms with Gasteiger partial charge in [-0.1, -0.05) is 30.3 Å². The van der Waals surface area contributed by atoms with Crippen molar-refractivity contribution in [1.82, 2.24) is 5.48 Å². The maximum atomic E-state index is 11.9. The molecule has 3 rings (SSSR count). The van der Waals surface area contributed by atoms with Gasteiger partial charge in [-0.2, -0.15) is 11.8 Å². The van der Waals surface area contributed by atoms with E-state index in [9.17, 15) is 4.79 Å². The van der Waals surface area contributed by atoms with Gasteiger partial charge in [-0.15, -0.1) is 5.48 Å². The Morgan fingerprint density at radius 3 is 2.68 bits per heavy atom. The van der Waals surface area contributed by atoms with Crippen molar-refractivity contribution in [3.8, 4) is 0 Å². The highest BCUT2D eigenvalue weighted by atomic mass is 32.2. The van der Waals surface area contributed by atoms with Gasteiger partial charge in [-0.05, 0) is 36.3 Å². The van der Waals surface area contributed by atoms with Crippen LogP contribution in [0, 0.1) is 5.92 Å². The quantitative estimate of drug-likeness (QED) is 0.859. The van der Waals surface area contributed by atoms with E-state index in [0.717, 1.165) is 30.8 Å². The number of hydrogen-bond donors (Lipinski definition) is 1. The van der Waals surface area contributed by atoms with Gasteiger partial charge in [0, 0.05) is 5.92 Å². The molecular weight excluding hydrogens is 258 g/mol. The molecule has 0 aromatic heterocycles. The van der Waals surface area contributed by atoms with E-state index < -0.39 is 0 Å². The average molecular weight is 277 g/mol. The molecule has 102 valence electrons. The molecule has 0 bridgehead atoms. The predicted octanol–water partition coefficient (Wildman–Crippen LogP) is 2.73. The zero-order chi connectivity index (χ0) is 13.1. The monoisotopic (exact) mass is 277 g/mol. The van der Waals surface area contributed by atoms with Crippen LogP contribution in [0.1, 0.15) is 30.7 Å². The van der Waals surface area contributed by atoms with Crippen molar-refractivity contribution in [2.75, 3.05) is 11.5 Å². The third kappa shape index (κ3) is 3.31. The summed E-state index contributed by atoms with van der Waals surface area (Å²) < 4.78 is 0. The van der Waals surface area contributed by atoms with Crippen LogP contribution < -0.4 is 5.48 Å². The Hall–Kier alpha value is -1.00. The van der Waals surface area contributed by atoms with Crippen molar-refractivity contribution in [3.63, 3.8) is 0 Å². The van der Waals surface area contributed by atoms with Crippen LogP contribution in [0.2, 0.25) is 0 Å². The highest BCUT2D eigenvalue weighted by Gasteiger charge is 2.39. The third-order valence-corrected chi connectivity index (χ3v) is 4.93. The van der Waals surface area contributed by atoms with E-state index >= 15 is 0 Å². The molecule has 0 radical (unpaired) electrons. The van der Waals surface area contributed by atoms with E-state index in [1.54, 1.807) is 0 Å². The van der Waals surface area contributed by atoms with Crippen LogP contribution in [0.25, 0.3) is 0 Å². The second-order valence-corrected chi connectivity index (χ2v) is 6.51. The highest BCUT2D eigenvalue weighted by molar-refractivity contribution is 7.99. The minimum absolute atomic E-state index is 0.0704. The molecule has 2 fully saturated rings. The summed E-state index contributed by atoms with van der Waals surface area (Å²) in [5.41, 5.74) is 4.27. The van der Waals surface area contributed by atoms with Gasteiger partial charge in [0.25, 0.3) is 0 Å². The molecule has 2 atom stereocenters. The molecule has 1 heterocycles. The lowest BCUT2D eigenvalue weighted by Gasteiger charge is -2.19. The van der Waals surface area contributed by atoms with E-state index in [1.165, 1.54) is 5.56 Å². The number of thioether (sulfide) groups is 1. The van der Waals surface area contributed by atoms with Crippen LogP contribution in [-0.2, 0) is 9.63 Å². The molecule has 2 aliphatic rings. The van der Waals surface area contributed by atoms with Gasteiger partial charge in [0.05, 0.1) is 12.0 Å². The largest absolute Gasteiger partial charge is 0.370 e. The molecule has 1 saturated heterocycles. The lowest BCUT2D eigenvalue weighted by Crippen LogP contribution is -2.29. The summed E-state index contributed by atoms with van der Waals surface area (Å²) in [5, 5.41) is 0. The Morgan fingerprint density at radius 2 is 1.95 bits per heavy atom. The van der Waals surface area contributed by atoms with E-state index in [1.807, 2.05) is 17.8 Å². The summed E-state index contributed by atoms with van der Waals surface area (Å²) in [6, 6.07) is 10.7. The van der Waals surface area contributed by atoms with Gasteiger partial charge >= 0.3 is 5.97 Å². The summed E-state index contributed by atoms with van der Waals surface area (Å²) in [6.07, 6.45) is 2.97. The number of nitrogens with one attached hydrogen (secondary N) is 1. The van der Waals surface area contributed by atoms with Crippen LogP contribution in [0.4, 0.5) is 0 Å². The van der Waals surface area contributed by atoms with E-state index in [-0.39, 0.29) is 11.9 Å². The molecule has 1 aliphatic carbocycles. The van der Waals surface area contributed by atoms with E-state index in [0.29, 0.717) is 12.0 Å². The highest BCUT2D eigenvalue weighted by Crippen LogP contribution is 2.40. The Kier molecular flexibility index (Phi) is 4.09. The number of rotatable bonds is 4. The summed E-state index contributed by atoms with van der Waals surface area (Å²) in [5.74, 6) is 2.68. The van der Waals surface area contributed by atoms with Crippen LogP contribution in [0.5, 0.6) is 0 Å². The second-order valence-electron chi connectivity index (χ2n) is 5.28. The van der Waals surface area contributed by atoms with Gasteiger partial charge in [0.2, 0.25) is 0 Å². The van der Waals surface area contributed by atoms with Gasteiger partial charge in [-0.3, -0.25) is 4.79 Å². The minimum Gasteiger partial charge on any atom is -0.370 e. The molecule has 0 spiro atoms. The first-order valence-electron chi connectivity index (χ1n) is 6.93. The average Bonchev–Trinajstić information content (AvgIpc) is 3.26. The number of carbonyl (C=O) groups is 1. The smallest absolute Gasteiger partial charge is 0.327 e. The maximum absolute atomic E-state index is 11.9. The fourth-order valence-corrected chi connectivity index (χ4v) is 3.65. The van der Waals surface area contributed by atoms with Gasteiger partial charge in [-0.25, -0.2) is 0 Å². The van der Waals surface area contributed by atoms with Crippen molar-refractivity contribution >= 4 is 17.7 Å². The molecule has 4 heteroatoms. The fourth-order valence-electron chi connectivity index (χ4n) is 2.54. The molecule has 1 aromatic carbocycles. The Labute approximate surface area is 118 Å².